The summed E-state index contributed by atoms with van der Waals surface area (Å²) in [6, 6.07) is 0. The standard InChI is InChI=1S/C9H20O2S2Si/c1-6-8(7-2)9(12)13-14(5,10-3)11-4/h8H,6-7H2,1-5H3. The lowest BCUT2D eigenvalue weighted by Crippen LogP contribution is -2.34. The molecule has 0 atom stereocenters. The average Bonchev–Trinajstić information content (AvgIpc) is 2.19. The maximum Gasteiger partial charge on any atom is 0.407 e. The van der Waals surface area contributed by atoms with Gasteiger partial charge in [0.15, 0.2) is 0 Å². The van der Waals surface area contributed by atoms with Gasteiger partial charge in [0.25, 0.3) is 0 Å². The van der Waals surface area contributed by atoms with Gasteiger partial charge in [0.1, 0.15) is 0 Å². The summed E-state index contributed by atoms with van der Waals surface area (Å²) in [5.41, 5.74) is 0. The molecule has 0 aliphatic carbocycles. The third kappa shape index (κ3) is 4.40. The summed E-state index contributed by atoms with van der Waals surface area (Å²) in [6.45, 7) is 6.35. The van der Waals surface area contributed by atoms with Crippen molar-refractivity contribution >= 4 is 35.3 Å². The van der Waals surface area contributed by atoms with E-state index in [2.05, 4.69) is 13.8 Å². The number of hydrogen-bond acceptors (Lipinski definition) is 4. The zero-order valence-electron chi connectivity index (χ0n) is 9.62. The van der Waals surface area contributed by atoms with Gasteiger partial charge in [0.05, 0.1) is 0 Å². The molecule has 0 aromatic carbocycles. The van der Waals surface area contributed by atoms with Gasteiger partial charge in [-0.2, -0.15) is 0 Å². The molecule has 0 aromatic rings. The Kier molecular flexibility index (Phi) is 7.24. The first kappa shape index (κ1) is 14.6. The average molecular weight is 252 g/mol. The first-order chi connectivity index (χ1) is 6.52. The highest BCUT2D eigenvalue weighted by atomic mass is 32.4. The Labute approximate surface area is 97.6 Å². The molecule has 0 aliphatic rings. The summed E-state index contributed by atoms with van der Waals surface area (Å²) in [6.07, 6.45) is 2.19. The molecule has 0 rings (SSSR count). The first-order valence-corrected chi connectivity index (χ1v) is 9.12. The molecule has 0 aliphatic heterocycles. The highest BCUT2D eigenvalue weighted by Gasteiger charge is 2.33. The molecule has 5 heteroatoms. The predicted molar refractivity (Wildman–Crippen MR) is 69.9 cm³/mol. The normalized spacial score (nSPS) is 12.1. The van der Waals surface area contributed by atoms with E-state index in [9.17, 15) is 0 Å². The Bertz CT molecular complexity index is 180. The van der Waals surface area contributed by atoms with Crippen LogP contribution in [-0.2, 0) is 8.85 Å². The van der Waals surface area contributed by atoms with Crippen molar-refractivity contribution in [1.29, 1.82) is 0 Å². The fraction of sp³-hybridized carbons (Fsp3) is 0.889. The first-order valence-electron chi connectivity index (χ1n) is 4.86. The molecule has 0 unspecified atom stereocenters. The third-order valence-corrected chi connectivity index (χ3v) is 8.53. The van der Waals surface area contributed by atoms with Crippen LogP contribution in [-0.4, -0.2) is 26.1 Å². The van der Waals surface area contributed by atoms with Gasteiger partial charge in [0, 0.05) is 18.4 Å². The molecule has 0 saturated heterocycles. The van der Waals surface area contributed by atoms with E-state index in [1.807, 2.05) is 6.55 Å². The summed E-state index contributed by atoms with van der Waals surface area (Å²) in [4.78, 5) is 0. The lowest BCUT2D eigenvalue weighted by atomic mass is 10.1. The second-order valence-electron chi connectivity index (χ2n) is 3.21. The van der Waals surface area contributed by atoms with Crippen molar-refractivity contribution in [2.24, 2.45) is 5.92 Å². The molecule has 0 heterocycles. The third-order valence-electron chi connectivity index (χ3n) is 2.35. The van der Waals surface area contributed by atoms with E-state index < -0.39 is 7.71 Å². The summed E-state index contributed by atoms with van der Waals surface area (Å²) in [7, 11) is 1.31. The van der Waals surface area contributed by atoms with Crippen LogP contribution in [0.1, 0.15) is 26.7 Å². The van der Waals surface area contributed by atoms with Crippen LogP contribution in [0.2, 0.25) is 6.55 Å². The number of rotatable bonds is 6. The van der Waals surface area contributed by atoms with Gasteiger partial charge >= 0.3 is 7.71 Å². The Morgan fingerprint density at radius 2 is 1.71 bits per heavy atom. The summed E-state index contributed by atoms with van der Waals surface area (Å²) < 4.78 is 11.8. The SMILES string of the molecule is CCC(CC)C(=S)S[Si](C)(OC)OC. The summed E-state index contributed by atoms with van der Waals surface area (Å²) >= 11 is 7.02. The van der Waals surface area contributed by atoms with E-state index in [1.165, 1.54) is 0 Å². The number of thiocarbonyl (C=S) groups is 1. The molecule has 0 saturated carbocycles. The van der Waals surface area contributed by atoms with Crippen molar-refractivity contribution in [1.82, 2.24) is 0 Å². The molecular formula is C9H20O2S2Si. The van der Waals surface area contributed by atoms with Crippen LogP contribution in [0.25, 0.3) is 0 Å². The Balaban J connectivity index is 4.28. The van der Waals surface area contributed by atoms with Gasteiger partial charge in [0.2, 0.25) is 0 Å². The Morgan fingerprint density at radius 3 is 2.00 bits per heavy atom. The highest BCUT2D eigenvalue weighted by Crippen LogP contribution is 2.29. The van der Waals surface area contributed by atoms with E-state index >= 15 is 0 Å². The van der Waals surface area contributed by atoms with Crippen molar-refractivity contribution in [3.05, 3.63) is 0 Å². The predicted octanol–water partition coefficient (Wildman–Crippen LogP) is 3.34. The Hall–Kier alpha value is 0.577. The van der Waals surface area contributed by atoms with Gasteiger partial charge in [-0.25, -0.2) is 0 Å². The molecule has 0 spiro atoms. The quantitative estimate of drug-likeness (QED) is 0.533. The van der Waals surface area contributed by atoms with E-state index in [1.54, 1.807) is 25.4 Å². The molecule has 0 amide bonds. The van der Waals surface area contributed by atoms with Crippen molar-refractivity contribution in [3.63, 3.8) is 0 Å². The molecule has 2 nitrogen and oxygen atoms in total. The fourth-order valence-electron chi connectivity index (χ4n) is 1.05. The van der Waals surface area contributed by atoms with Gasteiger partial charge in [-0.15, -0.1) is 0 Å². The van der Waals surface area contributed by atoms with Crippen molar-refractivity contribution in [2.45, 2.75) is 33.2 Å². The maximum absolute atomic E-state index is 5.39. The van der Waals surface area contributed by atoms with Crippen LogP contribution in [0, 0.1) is 5.92 Å². The molecule has 84 valence electrons. The summed E-state index contributed by atoms with van der Waals surface area (Å²) in [5, 5.41) is 0. The second kappa shape index (κ2) is 6.95. The van der Waals surface area contributed by atoms with Crippen LogP contribution >= 0.6 is 23.4 Å². The number of hydrogen-bond donors (Lipinski definition) is 0. The molecule has 0 radical (unpaired) electrons. The fourth-order valence-corrected chi connectivity index (χ4v) is 6.05. The van der Waals surface area contributed by atoms with E-state index in [4.69, 9.17) is 21.1 Å². The lowest BCUT2D eigenvalue weighted by molar-refractivity contribution is 0.276. The van der Waals surface area contributed by atoms with E-state index in [-0.39, 0.29) is 0 Å². The molecule has 0 N–H and O–H groups in total. The van der Waals surface area contributed by atoms with E-state index in [0.29, 0.717) is 5.92 Å². The molecule has 14 heavy (non-hydrogen) atoms. The minimum Gasteiger partial charge on any atom is -0.390 e. The zero-order valence-corrected chi connectivity index (χ0v) is 12.3. The molecule has 0 bridgehead atoms. The van der Waals surface area contributed by atoms with Gasteiger partial charge in [-0.1, -0.05) is 37.3 Å². The summed E-state index contributed by atoms with van der Waals surface area (Å²) in [5.74, 6) is 0.507. The van der Waals surface area contributed by atoms with Crippen LogP contribution in [0.15, 0.2) is 0 Å². The molecule has 0 fully saturated rings. The molecule has 0 aromatic heterocycles. The van der Waals surface area contributed by atoms with Crippen LogP contribution < -0.4 is 0 Å². The lowest BCUT2D eigenvalue weighted by Gasteiger charge is -2.24. The van der Waals surface area contributed by atoms with Crippen LogP contribution in [0.5, 0.6) is 0 Å². The van der Waals surface area contributed by atoms with Crippen molar-refractivity contribution in [2.75, 3.05) is 14.2 Å². The van der Waals surface area contributed by atoms with Crippen molar-refractivity contribution in [3.8, 4) is 0 Å². The van der Waals surface area contributed by atoms with Gasteiger partial charge < -0.3 is 8.85 Å². The van der Waals surface area contributed by atoms with Crippen molar-refractivity contribution < 1.29 is 8.85 Å². The smallest absolute Gasteiger partial charge is 0.390 e. The minimum atomic E-state index is -2.08. The zero-order chi connectivity index (χ0) is 11.2. The monoisotopic (exact) mass is 252 g/mol. The van der Waals surface area contributed by atoms with Crippen LogP contribution in [0.3, 0.4) is 0 Å². The van der Waals surface area contributed by atoms with Crippen LogP contribution in [0.4, 0.5) is 0 Å². The molecular weight excluding hydrogens is 232 g/mol. The second-order valence-corrected chi connectivity index (χ2v) is 9.93. The van der Waals surface area contributed by atoms with E-state index in [0.717, 1.165) is 17.0 Å². The minimum absolute atomic E-state index is 0.507. The Morgan fingerprint density at radius 1 is 1.29 bits per heavy atom. The van der Waals surface area contributed by atoms with Gasteiger partial charge in [-0.05, 0) is 25.3 Å². The topological polar surface area (TPSA) is 18.5 Å². The highest BCUT2D eigenvalue weighted by molar-refractivity contribution is 8.42. The van der Waals surface area contributed by atoms with Gasteiger partial charge in [-0.3, -0.25) is 0 Å². The largest absolute Gasteiger partial charge is 0.407 e. The maximum atomic E-state index is 5.39.